The predicted molar refractivity (Wildman–Crippen MR) is 97.8 cm³/mol. The van der Waals surface area contributed by atoms with Crippen LogP contribution in [0.15, 0.2) is 17.5 Å². The van der Waals surface area contributed by atoms with E-state index in [0.717, 1.165) is 37.1 Å². The van der Waals surface area contributed by atoms with Gasteiger partial charge in [0.2, 0.25) is 11.8 Å². The largest absolute Gasteiger partial charge is 0.350 e. The summed E-state index contributed by atoms with van der Waals surface area (Å²) < 4.78 is 11.3. The topological polar surface area (TPSA) is 59.1 Å². The number of hydrogen-bond donors (Lipinski definition) is 0. The number of thiophene rings is 1. The van der Waals surface area contributed by atoms with Gasteiger partial charge in [0.25, 0.3) is 0 Å². The molecule has 3 aliphatic heterocycles. The SMILES string of the molecule is O=C(C1CCCN1C(=O)Cc1cccs1)N1CCCC(C2OCCO2)C1. The monoisotopic (exact) mass is 378 g/mol. The number of nitrogens with zero attached hydrogens (tertiary/aromatic N) is 2. The molecule has 2 atom stereocenters. The van der Waals surface area contributed by atoms with Crippen LogP contribution in [-0.2, 0) is 25.5 Å². The van der Waals surface area contributed by atoms with Crippen LogP contribution in [0.4, 0.5) is 0 Å². The average molecular weight is 378 g/mol. The Hall–Kier alpha value is -1.44. The molecule has 4 heterocycles. The second kappa shape index (κ2) is 8.06. The van der Waals surface area contributed by atoms with E-state index in [1.807, 2.05) is 22.4 Å². The maximum atomic E-state index is 13.1. The molecule has 4 rings (SSSR count). The highest BCUT2D eigenvalue weighted by Crippen LogP contribution is 2.28. The summed E-state index contributed by atoms with van der Waals surface area (Å²) in [5.41, 5.74) is 0. The Bertz CT molecular complexity index is 629. The first-order valence-corrected chi connectivity index (χ1v) is 10.4. The number of rotatable bonds is 4. The van der Waals surface area contributed by atoms with Crippen molar-refractivity contribution < 1.29 is 19.1 Å². The van der Waals surface area contributed by atoms with E-state index in [1.165, 1.54) is 0 Å². The summed E-state index contributed by atoms with van der Waals surface area (Å²) in [5.74, 6) is 0.413. The van der Waals surface area contributed by atoms with Gasteiger partial charge in [-0.3, -0.25) is 9.59 Å². The molecule has 1 aromatic rings. The molecule has 0 spiro atoms. The zero-order valence-corrected chi connectivity index (χ0v) is 15.8. The molecule has 0 N–H and O–H groups in total. The quantitative estimate of drug-likeness (QED) is 0.803. The van der Waals surface area contributed by atoms with Crippen molar-refractivity contribution in [3.63, 3.8) is 0 Å². The Balaban J connectivity index is 1.38. The minimum Gasteiger partial charge on any atom is -0.350 e. The zero-order chi connectivity index (χ0) is 17.9. The van der Waals surface area contributed by atoms with Crippen LogP contribution in [0.5, 0.6) is 0 Å². The van der Waals surface area contributed by atoms with Crippen molar-refractivity contribution in [1.82, 2.24) is 9.80 Å². The van der Waals surface area contributed by atoms with Crippen LogP contribution in [0.1, 0.15) is 30.6 Å². The number of carbonyl (C=O) groups is 2. The molecule has 2 amide bonds. The standard InChI is InChI=1S/C19H26N2O4S/c22-17(12-15-5-3-11-26-15)21-8-2-6-16(21)18(23)20-7-1-4-14(13-20)19-24-9-10-25-19/h3,5,11,14,16,19H,1-2,4,6-10,12-13H2. The highest BCUT2D eigenvalue weighted by atomic mass is 32.1. The van der Waals surface area contributed by atoms with E-state index in [1.54, 1.807) is 16.2 Å². The van der Waals surface area contributed by atoms with E-state index in [9.17, 15) is 9.59 Å². The lowest BCUT2D eigenvalue weighted by atomic mass is 9.96. The van der Waals surface area contributed by atoms with Crippen molar-refractivity contribution in [3.8, 4) is 0 Å². The molecule has 3 aliphatic rings. The highest BCUT2D eigenvalue weighted by Gasteiger charge is 2.39. The van der Waals surface area contributed by atoms with Gasteiger partial charge < -0.3 is 19.3 Å². The van der Waals surface area contributed by atoms with Crippen molar-refractivity contribution >= 4 is 23.2 Å². The van der Waals surface area contributed by atoms with E-state index in [-0.39, 0.29) is 30.1 Å². The van der Waals surface area contributed by atoms with Crippen molar-refractivity contribution in [3.05, 3.63) is 22.4 Å². The first-order chi connectivity index (χ1) is 12.7. The van der Waals surface area contributed by atoms with Gasteiger partial charge in [-0.25, -0.2) is 0 Å². The molecule has 7 heteroatoms. The fourth-order valence-electron chi connectivity index (χ4n) is 4.28. The summed E-state index contributed by atoms with van der Waals surface area (Å²) in [6.07, 6.45) is 3.89. The first kappa shape index (κ1) is 17.9. The maximum absolute atomic E-state index is 13.1. The normalized spacial score (nSPS) is 27.2. The molecule has 3 saturated heterocycles. The first-order valence-electron chi connectivity index (χ1n) is 9.56. The third-order valence-electron chi connectivity index (χ3n) is 5.57. The van der Waals surface area contributed by atoms with Gasteiger partial charge in [0.1, 0.15) is 6.04 Å². The van der Waals surface area contributed by atoms with Crippen LogP contribution < -0.4 is 0 Å². The lowest BCUT2D eigenvalue weighted by Gasteiger charge is -2.37. The Morgan fingerprint density at radius 2 is 1.96 bits per heavy atom. The summed E-state index contributed by atoms with van der Waals surface area (Å²) in [5, 5.41) is 1.98. The molecule has 2 unspecified atom stereocenters. The molecule has 0 saturated carbocycles. The molecule has 0 aromatic carbocycles. The lowest BCUT2D eigenvalue weighted by molar-refractivity contribution is -0.148. The number of piperidine rings is 1. The summed E-state index contributed by atoms with van der Waals surface area (Å²) in [6, 6.07) is 3.64. The van der Waals surface area contributed by atoms with Crippen molar-refractivity contribution in [1.29, 1.82) is 0 Å². The Labute approximate surface area is 158 Å². The number of hydrogen-bond acceptors (Lipinski definition) is 5. The maximum Gasteiger partial charge on any atom is 0.245 e. The van der Waals surface area contributed by atoms with Crippen LogP contribution >= 0.6 is 11.3 Å². The highest BCUT2D eigenvalue weighted by molar-refractivity contribution is 7.10. The van der Waals surface area contributed by atoms with Crippen LogP contribution in [0.25, 0.3) is 0 Å². The fraction of sp³-hybridized carbons (Fsp3) is 0.684. The second-order valence-corrected chi connectivity index (χ2v) is 8.33. The van der Waals surface area contributed by atoms with Crippen LogP contribution in [0, 0.1) is 5.92 Å². The molecular formula is C19H26N2O4S. The van der Waals surface area contributed by atoms with Gasteiger partial charge in [-0.05, 0) is 37.1 Å². The smallest absolute Gasteiger partial charge is 0.245 e. The van der Waals surface area contributed by atoms with E-state index < -0.39 is 0 Å². The third-order valence-corrected chi connectivity index (χ3v) is 6.44. The Morgan fingerprint density at radius 3 is 2.73 bits per heavy atom. The predicted octanol–water partition coefficient (Wildman–Crippen LogP) is 1.89. The van der Waals surface area contributed by atoms with Gasteiger partial charge in [0.05, 0.1) is 19.6 Å². The summed E-state index contributed by atoms with van der Waals surface area (Å²) >= 11 is 1.59. The zero-order valence-electron chi connectivity index (χ0n) is 15.0. The second-order valence-electron chi connectivity index (χ2n) is 7.30. The van der Waals surface area contributed by atoms with E-state index in [2.05, 4.69) is 0 Å². The van der Waals surface area contributed by atoms with Crippen LogP contribution in [0.2, 0.25) is 0 Å². The van der Waals surface area contributed by atoms with E-state index in [4.69, 9.17) is 9.47 Å². The third kappa shape index (κ3) is 3.80. The van der Waals surface area contributed by atoms with Gasteiger partial charge in [0.15, 0.2) is 6.29 Å². The molecule has 0 radical (unpaired) electrons. The van der Waals surface area contributed by atoms with Gasteiger partial charge in [-0.1, -0.05) is 6.07 Å². The van der Waals surface area contributed by atoms with Crippen molar-refractivity contribution in [2.75, 3.05) is 32.8 Å². The summed E-state index contributed by atoms with van der Waals surface area (Å²) in [4.78, 5) is 30.6. The van der Waals surface area contributed by atoms with E-state index >= 15 is 0 Å². The Morgan fingerprint density at radius 1 is 1.15 bits per heavy atom. The molecule has 1 aromatic heterocycles. The fourth-order valence-corrected chi connectivity index (χ4v) is 4.97. The molecule has 0 aliphatic carbocycles. The molecule has 0 bridgehead atoms. The minimum atomic E-state index is -0.299. The summed E-state index contributed by atoms with van der Waals surface area (Å²) in [7, 11) is 0. The number of amides is 2. The number of ether oxygens (including phenoxy) is 2. The van der Waals surface area contributed by atoms with Crippen LogP contribution in [-0.4, -0.2) is 66.8 Å². The summed E-state index contributed by atoms with van der Waals surface area (Å²) in [6.45, 7) is 3.41. The van der Waals surface area contributed by atoms with Crippen molar-refractivity contribution in [2.45, 2.75) is 44.4 Å². The average Bonchev–Trinajstić information content (AvgIpc) is 3.42. The lowest BCUT2D eigenvalue weighted by Crippen LogP contribution is -2.52. The molecule has 26 heavy (non-hydrogen) atoms. The molecular weight excluding hydrogens is 352 g/mol. The molecule has 6 nitrogen and oxygen atoms in total. The molecule has 142 valence electrons. The van der Waals surface area contributed by atoms with Gasteiger partial charge in [0, 0.05) is 30.4 Å². The number of likely N-dealkylation sites (tertiary alicyclic amines) is 2. The van der Waals surface area contributed by atoms with Gasteiger partial charge in [-0.2, -0.15) is 0 Å². The van der Waals surface area contributed by atoms with Gasteiger partial charge >= 0.3 is 0 Å². The Kier molecular flexibility index (Phi) is 5.57. The van der Waals surface area contributed by atoms with Crippen molar-refractivity contribution in [2.24, 2.45) is 5.92 Å². The van der Waals surface area contributed by atoms with Crippen LogP contribution in [0.3, 0.4) is 0 Å². The molecule has 3 fully saturated rings. The van der Waals surface area contributed by atoms with Gasteiger partial charge in [-0.15, -0.1) is 11.3 Å². The van der Waals surface area contributed by atoms with E-state index in [0.29, 0.717) is 32.7 Å². The minimum absolute atomic E-state index is 0.0688. The number of carbonyl (C=O) groups excluding carboxylic acids is 2.